The van der Waals surface area contributed by atoms with E-state index in [4.69, 9.17) is 0 Å². The van der Waals surface area contributed by atoms with Crippen molar-refractivity contribution in [1.82, 2.24) is 0 Å². The molecule has 0 unspecified atom stereocenters. The van der Waals surface area contributed by atoms with E-state index in [1.165, 1.54) is 0 Å². The third-order valence-corrected chi connectivity index (χ3v) is 0.428. The first-order chi connectivity index (χ1) is 4.34. The normalized spacial score (nSPS) is 11.8. The molecule has 0 heterocycles. The lowest BCUT2D eigenvalue weighted by atomic mass is 10.7. The molecule has 0 spiro atoms. The van der Waals surface area contributed by atoms with Crippen LogP contribution in [0.15, 0.2) is 0 Å². The predicted molar refractivity (Wildman–Crippen MR) is 18.2 cm³/mol. The van der Waals surface area contributed by atoms with Crippen molar-refractivity contribution in [1.29, 1.82) is 0 Å². The monoisotopic (exact) mass is 164 g/mol. The number of ether oxygens (including phenoxy) is 1. The van der Waals surface area contributed by atoms with Crippen LogP contribution in [0.1, 0.15) is 0 Å². The molecule has 0 atom stereocenters. The molecule has 0 aliphatic heterocycles. The summed E-state index contributed by atoms with van der Waals surface area (Å²) in [6.07, 6.45) is -5.35. The first-order valence-corrected chi connectivity index (χ1v) is 1.90. The Bertz CT molecular complexity index is 127. The summed E-state index contributed by atoms with van der Waals surface area (Å²) in [7, 11) is 0. The van der Waals surface area contributed by atoms with Crippen LogP contribution in [0.5, 0.6) is 0 Å². The fourth-order valence-corrected chi connectivity index (χ4v) is 0.148. The van der Waals surface area contributed by atoms with Gasteiger partial charge in [-0.2, -0.15) is 22.0 Å². The summed E-state index contributed by atoms with van der Waals surface area (Å²) in [5, 5.41) is 0. The number of esters is 1. The van der Waals surface area contributed by atoms with Gasteiger partial charge in [0.1, 0.15) is 0 Å². The smallest absolute Gasteiger partial charge is 0.396 e. The second-order valence-electron chi connectivity index (χ2n) is 1.16. The molecule has 0 aromatic carbocycles. The Labute approximate surface area is 51.6 Å². The molecule has 60 valence electrons. The third kappa shape index (κ3) is 3.21. The largest absolute Gasteiger partial charge is 0.491 e. The van der Waals surface area contributed by atoms with Gasteiger partial charge in [0.2, 0.25) is 0 Å². The van der Waals surface area contributed by atoms with Crippen molar-refractivity contribution in [2.24, 2.45) is 0 Å². The second-order valence-corrected chi connectivity index (χ2v) is 1.16. The molecule has 2 nitrogen and oxygen atoms in total. The summed E-state index contributed by atoms with van der Waals surface area (Å²) in [5.41, 5.74) is 0. The fraction of sp³-hybridized carbons (Fsp3) is 0.667. The zero-order chi connectivity index (χ0) is 8.36. The molecule has 0 aromatic heterocycles. The minimum absolute atomic E-state index is 2.52. The molecule has 0 N–H and O–H groups in total. The first-order valence-electron chi connectivity index (χ1n) is 1.90. The highest BCUT2D eigenvalue weighted by Gasteiger charge is 2.42. The van der Waals surface area contributed by atoms with Gasteiger partial charge in [0.25, 0.3) is 0 Å². The Morgan fingerprint density at radius 1 is 1.30 bits per heavy atom. The van der Waals surface area contributed by atoms with E-state index in [-0.39, 0.29) is 0 Å². The number of carbonyl (C=O) groups excluding carboxylic acids is 1. The molecule has 0 aliphatic carbocycles. The molecule has 0 saturated heterocycles. The van der Waals surface area contributed by atoms with Crippen molar-refractivity contribution in [2.45, 2.75) is 12.8 Å². The van der Waals surface area contributed by atoms with E-state index >= 15 is 0 Å². The fourth-order valence-electron chi connectivity index (χ4n) is 0.148. The highest BCUT2D eigenvalue weighted by molar-refractivity contribution is 5.75. The minimum atomic E-state index is -5.35. The number of rotatable bonds is 1. The standard InChI is InChI=1S/C3HF5O2/c4-2(5)10-1(9)3(6,7)8/h2H. The highest BCUT2D eigenvalue weighted by atomic mass is 19.4. The van der Waals surface area contributed by atoms with Crippen molar-refractivity contribution < 1.29 is 31.5 Å². The molecular formula is C3HF5O2. The third-order valence-electron chi connectivity index (χ3n) is 0.428. The summed E-state index contributed by atoms with van der Waals surface area (Å²) in [6.45, 7) is -3.73. The maximum Gasteiger partial charge on any atom is 0.491 e. The zero-order valence-electron chi connectivity index (χ0n) is 4.28. The molecular weight excluding hydrogens is 163 g/mol. The van der Waals surface area contributed by atoms with Gasteiger partial charge in [-0.3, -0.25) is 0 Å². The van der Waals surface area contributed by atoms with Crippen LogP contribution >= 0.6 is 0 Å². The lowest BCUT2D eigenvalue weighted by Gasteiger charge is -2.04. The van der Waals surface area contributed by atoms with E-state index in [0.29, 0.717) is 0 Å². The van der Waals surface area contributed by atoms with Gasteiger partial charge in [0, 0.05) is 0 Å². The number of hydrogen-bond donors (Lipinski definition) is 0. The van der Waals surface area contributed by atoms with E-state index in [2.05, 4.69) is 4.74 Å². The number of carbonyl (C=O) groups is 1. The Kier molecular flexibility index (Phi) is 2.56. The van der Waals surface area contributed by atoms with Gasteiger partial charge in [0.05, 0.1) is 0 Å². The number of halogens is 5. The van der Waals surface area contributed by atoms with Crippen LogP contribution in [0.2, 0.25) is 0 Å². The Hall–Kier alpha value is -0.880. The van der Waals surface area contributed by atoms with Crippen LogP contribution in [-0.4, -0.2) is 18.8 Å². The predicted octanol–water partition coefficient (Wildman–Crippen LogP) is 1.31. The molecule has 7 heteroatoms. The Morgan fingerprint density at radius 2 is 1.70 bits per heavy atom. The van der Waals surface area contributed by atoms with E-state index in [0.717, 1.165) is 0 Å². The van der Waals surface area contributed by atoms with Crippen molar-refractivity contribution in [3.63, 3.8) is 0 Å². The molecule has 0 rings (SSSR count). The van der Waals surface area contributed by atoms with Crippen LogP contribution in [0.25, 0.3) is 0 Å². The van der Waals surface area contributed by atoms with Crippen LogP contribution in [-0.2, 0) is 9.53 Å². The summed E-state index contributed by atoms with van der Waals surface area (Å²) in [5.74, 6) is -2.89. The molecule has 0 aliphatic rings. The summed E-state index contributed by atoms with van der Waals surface area (Å²) in [4.78, 5) is 9.45. The number of hydrogen-bond acceptors (Lipinski definition) is 2. The van der Waals surface area contributed by atoms with Gasteiger partial charge < -0.3 is 4.74 Å². The lowest BCUT2D eigenvalue weighted by molar-refractivity contribution is -0.225. The summed E-state index contributed by atoms with van der Waals surface area (Å²) >= 11 is 0. The molecule has 0 radical (unpaired) electrons. The maximum atomic E-state index is 11.0. The zero-order valence-corrected chi connectivity index (χ0v) is 4.28. The quantitative estimate of drug-likeness (QED) is 0.431. The van der Waals surface area contributed by atoms with Crippen molar-refractivity contribution in [2.75, 3.05) is 0 Å². The van der Waals surface area contributed by atoms with Crippen LogP contribution in [0, 0.1) is 0 Å². The van der Waals surface area contributed by atoms with Gasteiger partial charge in [-0.1, -0.05) is 0 Å². The van der Waals surface area contributed by atoms with Crippen molar-refractivity contribution in [3.8, 4) is 0 Å². The Morgan fingerprint density at radius 3 is 1.80 bits per heavy atom. The molecule has 0 bridgehead atoms. The Balaban J connectivity index is 3.87. The van der Waals surface area contributed by atoms with Gasteiger partial charge in [-0.25, -0.2) is 4.79 Å². The SMILES string of the molecule is O=C(OC(F)F)C(F)(F)F. The highest BCUT2D eigenvalue weighted by Crippen LogP contribution is 2.17. The van der Waals surface area contributed by atoms with Gasteiger partial charge in [-0.15, -0.1) is 0 Å². The molecule has 0 aromatic rings. The van der Waals surface area contributed by atoms with Crippen molar-refractivity contribution >= 4 is 5.97 Å². The van der Waals surface area contributed by atoms with Gasteiger partial charge in [-0.05, 0) is 0 Å². The average Bonchev–Trinajstić information content (AvgIpc) is 1.60. The van der Waals surface area contributed by atoms with Crippen molar-refractivity contribution in [3.05, 3.63) is 0 Å². The number of alkyl halides is 5. The van der Waals surface area contributed by atoms with E-state index in [1.807, 2.05) is 0 Å². The van der Waals surface area contributed by atoms with Crippen LogP contribution < -0.4 is 0 Å². The van der Waals surface area contributed by atoms with E-state index < -0.39 is 18.8 Å². The molecule has 0 amide bonds. The van der Waals surface area contributed by atoms with E-state index in [9.17, 15) is 26.7 Å². The molecule has 10 heavy (non-hydrogen) atoms. The maximum absolute atomic E-state index is 11.0. The molecule has 0 saturated carbocycles. The summed E-state index contributed by atoms with van der Waals surface area (Å²) < 4.78 is 57.3. The first kappa shape index (κ1) is 9.12. The minimum Gasteiger partial charge on any atom is -0.396 e. The van der Waals surface area contributed by atoms with Gasteiger partial charge >= 0.3 is 18.8 Å². The second kappa shape index (κ2) is 2.80. The summed E-state index contributed by atoms with van der Waals surface area (Å²) in [6, 6.07) is 0. The van der Waals surface area contributed by atoms with Crippen LogP contribution in [0.4, 0.5) is 22.0 Å². The molecule has 0 fully saturated rings. The van der Waals surface area contributed by atoms with E-state index in [1.54, 1.807) is 0 Å². The topological polar surface area (TPSA) is 26.3 Å². The lowest BCUT2D eigenvalue weighted by Crippen LogP contribution is -2.27. The van der Waals surface area contributed by atoms with Gasteiger partial charge in [0.15, 0.2) is 0 Å². The van der Waals surface area contributed by atoms with Crippen LogP contribution in [0.3, 0.4) is 0 Å². The average molecular weight is 164 g/mol.